The largest absolute Gasteiger partial charge is 0.489 e. The number of rotatable bonds is 8. The average molecular weight is 270 g/mol. The van der Waals surface area contributed by atoms with Gasteiger partial charge in [-0.3, -0.25) is 0 Å². The van der Waals surface area contributed by atoms with Crippen molar-refractivity contribution in [1.29, 1.82) is 0 Å². The molecule has 0 aromatic heterocycles. The van der Waals surface area contributed by atoms with Gasteiger partial charge in [-0.25, -0.2) is 0 Å². The highest BCUT2D eigenvalue weighted by molar-refractivity contribution is 5.29. The molecule has 0 bridgehead atoms. The Morgan fingerprint density at radius 1 is 0.950 bits per heavy atom. The van der Waals surface area contributed by atoms with Crippen molar-refractivity contribution >= 4 is 0 Å². The molecule has 0 unspecified atom stereocenters. The molecule has 20 heavy (non-hydrogen) atoms. The quantitative estimate of drug-likeness (QED) is 0.725. The summed E-state index contributed by atoms with van der Waals surface area (Å²) in [6.45, 7) is 3.13. The highest BCUT2D eigenvalue weighted by Crippen LogP contribution is 2.15. The van der Waals surface area contributed by atoms with Crippen LogP contribution in [0, 0.1) is 0 Å². The minimum atomic E-state index is 0.602. The minimum absolute atomic E-state index is 0.602. The first-order valence-corrected chi connectivity index (χ1v) is 7.05. The molecule has 0 saturated carbocycles. The number of hydrogen-bond acceptors (Lipinski definition) is 3. The molecule has 3 heteroatoms. The Labute approximate surface area is 120 Å². The summed E-state index contributed by atoms with van der Waals surface area (Å²) >= 11 is 0. The van der Waals surface area contributed by atoms with E-state index in [1.54, 1.807) is 0 Å². The lowest BCUT2D eigenvalue weighted by Crippen LogP contribution is -2.17. The Morgan fingerprint density at radius 2 is 1.75 bits per heavy atom. The Balaban J connectivity index is 1.83. The third-order valence-corrected chi connectivity index (χ3v) is 3.03. The molecular formula is C17H22N2O. The molecule has 0 aliphatic heterocycles. The van der Waals surface area contributed by atoms with Crippen molar-refractivity contribution in [1.82, 2.24) is 5.32 Å². The van der Waals surface area contributed by atoms with E-state index in [4.69, 9.17) is 10.5 Å². The molecule has 0 amide bonds. The van der Waals surface area contributed by atoms with E-state index in [0.29, 0.717) is 6.61 Å². The second-order valence-electron chi connectivity index (χ2n) is 4.74. The molecule has 3 nitrogen and oxygen atoms in total. The molecule has 2 rings (SSSR count). The lowest BCUT2D eigenvalue weighted by Gasteiger charge is -2.09. The standard InChI is InChI=1S/C17H22N2O/c18-10-5-11-19-13-16-8-4-9-17(12-16)20-14-15-6-2-1-3-7-15/h1-4,6-9,12,19H,5,10-11,13-14,18H2. The van der Waals surface area contributed by atoms with Gasteiger partial charge in [0.2, 0.25) is 0 Å². The van der Waals surface area contributed by atoms with Crippen molar-refractivity contribution in [2.45, 2.75) is 19.6 Å². The lowest BCUT2D eigenvalue weighted by molar-refractivity contribution is 0.306. The maximum atomic E-state index is 5.81. The minimum Gasteiger partial charge on any atom is -0.489 e. The maximum Gasteiger partial charge on any atom is 0.120 e. The van der Waals surface area contributed by atoms with Crippen molar-refractivity contribution in [3.63, 3.8) is 0 Å². The van der Waals surface area contributed by atoms with Gasteiger partial charge >= 0.3 is 0 Å². The van der Waals surface area contributed by atoms with E-state index in [1.807, 2.05) is 30.3 Å². The highest BCUT2D eigenvalue weighted by atomic mass is 16.5. The Bertz CT molecular complexity index is 499. The summed E-state index contributed by atoms with van der Waals surface area (Å²) in [7, 11) is 0. The second kappa shape index (κ2) is 8.35. The Morgan fingerprint density at radius 3 is 2.55 bits per heavy atom. The van der Waals surface area contributed by atoms with Crippen LogP contribution in [0.1, 0.15) is 17.5 Å². The highest BCUT2D eigenvalue weighted by Gasteiger charge is 1.98. The monoisotopic (exact) mass is 270 g/mol. The second-order valence-corrected chi connectivity index (χ2v) is 4.74. The summed E-state index contributed by atoms with van der Waals surface area (Å²) < 4.78 is 5.81. The maximum absolute atomic E-state index is 5.81. The third kappa shape index (κ3) is 5.03. The summed E-state index contributed by atoms with van der Waals surface area (Å²) in [5.41, 5.74) is 7.88. The summed E-state index contributed by atoms with van der Waals surface area (Å²) in [5.74, 6) is 0.909. The van der Waals surface area contributed by atoms with Gasteiger partial charge < -0.3 is 15.8 Å². The van der Waals surface area contributed by atoms with Crippen molar-refractivity contribution in [2.24, 2.45) is 5.73 Å². The Kier molecular flexibility index (Phi) is 6.08. The van der Waals surface area contributed by atoms with E-state index in [1.165, 1.54) is 11.1 Å². The van der Waals surface area contributed by atoms with E-state index in [2.05, 4.69) is 29.6 Å². The molecule has 2 aromatic carbocycles. The molecule has 0 spiro atoms. The van der Waals surface area contributed by atoms with Crippen LogP contribution in [0.15, 0.2) is 54.6 Å². The topological polar surface area (TPSA) is 47.3 Å². The number of hydrogen-bond donors (Lipinski definition) is 2. The molecule has 0 fully saturated rings. The number of nitrogens with one attached hydrogen (secondary N) is 1. The fourth-order valence-corrected chi connectivity index (χ4v) is 1.95. The predicted octanol–water partition coefficient (Wildman–Crippen LogP) is 2.70. The van der Waals surface area contributed by atoms with Crippen LogP contribution in [-0.4, -0.2) is 13.1 Å². The van der Waals surface area contributed by atoms with Crippen molar-refractivity contribution in [3.05, 3.63) is 65.7 Å². The van der Waals surface area contributed by atoms with Crippen molar-refractivity contribution in [2.75, 3.05) is 13.1 Å². The molecule has 2 aromatic rings. The van der Waals surface area contributed by atoms with E-state index >= 15 is 0 Å². The Hall–Kier alpha value is -1.84. The average Bonchev–Trinajstić information content (AvgIpc) is 2.51. The normalized spacial score (nSPS) is 10.4. The summed E-state index contributed by atoms with van der Waals surface area (Å²) in [4.78, 5) is 0. The van der Waals surface area contributed by atoms with Crippen LogP contribution >= 0.6 is 0 Å². The number of nitrogens with two attached hydrogens (primary N) is 1. The SMILES string of the molecule is NCCCNCc1cccc(OCc2ccccc2)c1. The van der Waals surface area contributed by atoms with E-state index in [9.17, 15) is 0 Å². The van der Waals surface area contributed by atoms with Crippen LogP contribution in [0.4, 0.5) is 0 Å². The predicted molar refractivity (Wildman–Crippen MR) is 82.6 cm³/mol. The van der Waals surface area contributed by atoms with Gasteiger partial charge in [0.25, 0.3) is 0 Å². The van der Waals surface area contributed by atoms with Crippen LogP contribution in [0.5, 0.6) is 5.75 Å². The summed E-state index contributed by atoms with van der Waals surface area (Å²) in [6, 6.07) is 18.4. The third-order valence-electron chi connectivity index (χ3n) is 3.03. The molecule has 3 N–H and O–H groups in total. The first-order valence-electron chi connectivity index (χ1n) is 7.05. The summed E-state index contributed by atoms with van der Waals surface area (Å²) in [6.07, 6.45) is 1.00. The molecule has 0 heterocycles. The van der Waals surface area contributed by atoms with Gasteiger partial charge in [0.05, 0.1) is 0 Å². The van der Waals surface area contributed by atoms with Crippen molar-refractivity contribution in [3.8, 4) is 5.75 Å². The molecule has 0 aliphatic rings. The van der Waals surface area contributed by atoms with Gasteiger partial charge in [-0.15, -0.1) is 0 Å². The van der Waals surface area contributed by atoms with E-state index in [-0.39, 0.29) is 0 Å². The van der Waals surface area contributed by atoms with Gasteiger partial charge in [0, 0.05) is 6.54 Å². The van der Waals surface area contributed by atoms with E-state index < -0.39 is 0 Å². The molecular weight excluding hydrogens is 248 g/mol. The zero-order valence-electron chi connectivity index (χ0n) is 11.7. The zero-order valence-corrected chi connectivity index (χ0v) is 11.7. The van der Waals surface area contributed by atoms with Gasteiger partial charge in [-0.05, 0) is 42.8 Å². The van der Waals surface area contributed by atoms with Crippen LogP contribution in [0.3, 0.4) is 0 Å². The van der Waals surface area contributed by atoms with Gasteiger partial charge in [-0.2, -0.15) is 0 Å². The number of ether oxygens (including phenoxy) is 1. The first kappa shape index (κ1) is 14.6. The molecule has 106 valence electrons. The molecule has 0 aliphatic carbocycles. The lowest BCUT2D eigenvalue weighted by atomic mass is 10.2. The molecule has 0 radical (unpaired) electrons. The van der Waals surface area contributed by atoms with Crippen molar-refractivity contribution < 1.29 is 4.74 Å². The zero-order chi connectivity index (χ0) is 14.0. The molecule has 0 saturated heterocycles. The fraction of sp³-hybridized carbons (Fsp3) is 0.294. The van der Waals surface area contributed by atoms with Gasteiger partial charge in [0.1, 0.15) is 12.4 Å². The van der Waals surface area contributed by atoms with Gasteiger partial charge in [0.15, 0.2) is 0 Å². The van der Waals surface area contributed by atoms with Crippen LogP contribution in [-0.2, 0) is 13.2 Å². The molecule has 0 atom stereocenters. The van der Waals surface area contributed by atoms with E-state index in [0.717, 1.165) is 31.8 Å². The first-order chi connectivity index (χ1) is 9.88. The smallest absolute Gasteiger partial charge is 0.120 e. The van der Waals surface area contributed by atoms with Crippen LogP contribution < -0.4 is 15.8 Å². The number of benzene rings is 2. The fourth-order valence-electron chi connectivity index (χ4n) is 1.95. The summed E-state index contributed by atoms with van der Waals surface area (Å²) in [5, 5.41) is 3.37. The van der Waals surface area contributed by atoms with Gasteiger partial charge in [-0.1, -0.05) is 42.5 Å². The van der Waals surface area contributed by atoms with Crippen LogP contribution in [0.2, 0.25) is 0 Å². The van der Waals surface area contributed by atoms with Crippen LogP contribution in [0.25, 0.3) is 0 Å².